The lowest BCUT2D eigenvalue weighted by molar-refractivity contribution is -0.139. The van der Waals surface area contributed by atoms with Gasteiger partial charge >= 0.3 is 0 Å². The third-order valence-corrected chi connectivity index (χ3v) is 5.35. The number of likely N-dealkylation sites (tertiary alicyclic amines) is 2. The van der Waals surface area contributed by atoms with Crippen molar-refractivity contribution in [3.8, 4) is 11.5 Å². The summed E-state index contributed by atoms with van der Waals surface area (Å²) >= 11 is 0. The second kappa shape index (κ2) is 9.08. The molecule has 0 spiro atoms. The summed E-state index contributed by atoms with van der Waals surface area (Å²) in [4.78, 5) is 27.9. The normalized spacial score (nSPS) is 21.7. The molecule has 0 radical (unpaired) electrons. The van der Waals surface area contributed by atoms with Crippen LogP contribution in [-0.4, -0.2) is 67.6 Å². The molecule has 2 saturated heterocycles. The van der Waals surface area contributed by atoms with Gasteiger partial charge < -0.3 is 20.1 Å². The number of hydrogen-bond acceptors (Lipinski definition) is 5. The Hall–Kier alpha value is -2.28. The van der Waals surface area contributed by atoms with Crippen LogP contribution in [0.2, 0.25) is 0 Å². The molecule has 2 N–H and O–H groups in total. The number of nitrogens with two attached hydrogens (primary N) is 1. The Morgan fingerprint density at radius 1 is 1.07 bits per heavy atom. The molecular weight excluding hydrogens is 346 g/mol. The smallest absolute Gasteiger partial charge is 0.231 e. The van der Waals surface area contributed by atoms with Gasteiger partial charge in [0.2, 0.25) is 11.8 Å². The standard InChI is InChI=1S/C20H29N3O4/c1-26-16-4-6-17(7-5-16)27-18-8-11-23(12-9-18)20(25)15-3-2-10-22(13-15)14-19(21)24/h4-7,15,18H,2-3,8-14H2,1H3,(H2,21,24)/t15-/m1/s1. The van der Waals surface area contributed by atoms with E-state index < -0.39 is 0 Å². The predicted molar refractivity (Wildman–Crippen MR) is 102 cm³/mol. The molecule has 2 aliphatic rings. The fourth-order valence-electron chi connectivity index (χ4n) is 3.92. The first-order valence-electron chi connectivity index (χ1n) is 9.65. The van der Waals surface area contributed by atoms with Crippen molar-refractivity contribution in [2.75, 3.05) is 39.8 Å². The predicted octanol–water partition coefficient (Wildman–Crippen LogP) is 1.26. The maximum atomic E-state index is 12.8. The van der Waals surface area contributed by atoms with Gasteiger partial charge in [-0.25, -0.2) is 0 Å². The van der Waals surface area contributed by atoms with Crippen molar-refractivity contribution < 1.29 is 19.1 Å². The van der Waals surface area contributed by atoms with Crippen molar-refractivity contribution in [3.05, 3.63) is 24.3 Å². The lowest BCUT2D eigenvalue weighted by atomic mass is 9.95. The Kier molecular flexibility index (Phi) is 6.55. The first-order valence-corrected chi connectivity index (χ1v) is 9.65. The summed E-state index contributed by atoms with van der Waals surface area (Å²) in [5, 5.41) is 0. The number of carbonyl (C=O) groups excluding carboxylic acids is 2. The first-order chi connectivity index (χ1) is 13.0. The zero-order chi connectivity index (χ0) is 19.2. The molecular formula is C20H29N3O4. The second-order valence-electron chi connectivity index (χ2n) is 7.36. The number of amides is 2. The Bertz CT molecular complexity index is 641. The minimum atomic E-state index is -0.334. The summed E-state index contributed by atoms with van der Waals surface area (Å²) in [6.45, 7) is 3.13. The van der Waals surface area contributed by atoms with Crippen LogP contribution in [-0.2, 0) is 9.59 Å². The molecule has 3 rings (SSSR count). The summed E-state index contributed by atoms with van der Waals surface area (Å²) in [7, 11) is 1.64. The van der Waals surface area contributed by atoms with E-state index in [1.807, 2.05) is 34.1 Å². The molecule has 2 fully saturated rings. The van der Waals surface area contributed by atoms with Crippen LogP contribution in [0.5, 0.6) is 11.5 Å². The molecule has 2 aliphatic heterocycles. The fraction of sp³-hybridized carbons (Fsp3) is 0.600. The van der Waals surface area contributed by atoms with Gasteiger partial charge in [-0.2, -0.15) is 0 Å². The summed E-state index contributed by atoms with van der Waals surface area (Å²) in [5.41, 5.74) is 5.29. The van der Waals surface area contributed by atoms with Gasteiger partial charge in [-0.3, -0.25) is 14.5 Å². The van der Waals surface area contributed by atoms with Crippen LogP contribution in [0.15, 0.2) is 24.3 Å². The first kappa shape index (κ1) is 19.5. The van der Waals surface area contributed by atoms with E-state index >= 15 is 0 Å². The number of carbonyl (C=O) groups is 2. The van der Waals surface area contributed by atoms with E-state index in [1.54, 1.807) is 7.11 Å². The number of rotatable bonds is 6. The summed E-state index contributed by atoms with van der Waals surface area (Å²) < 4.78 is 11.2. The number of primary amides is 1. The zero-order valence-corrected chi connectivity index (χ0v) is 15.9. The molecule has 0 bridgehead atoms. The Balaban J connectivity index is 1.46. The van der Waals surface area contributed by atoms with Crippen molar-refractivity contribution in [1.82, 2.24) is 9.80 Å². The Morgan fingerprint density at radius 2 is 1.74 bits per heavy atom. The molecule has 2 heterocycles. The van der Waals surface area contributed by atoms with E-state index in [2.05, 4.69) is 0 Å². The molecule has 0 unspecified atom stereocenters. The molecule has 148 valence electrons. The van der Waals surface area contributed by atoms with Gasteiger partial charge in [0.1, 0.15) is 17.6 Å². The molecule has 2 amide bonds. The summed E-state index contributed by atoms with van der Waals surface area (Å²) in [5.74, 6) is 1.47. The summed E-state index contributed by atoms with van der Waals surface area (Å²) in [6, 6.07) is 7.58. The molecule has 27 heavy (non-hydrogen) atoms. The zero-order valence-electron chi connectivity index (χ0n) is 15.9. The highest BCUT2D eigenvalue weighted by molar-refractivity contribution is 5.80. The molecule has 1 aromatic carbocycles. The van der Waals surface area contributed by atoms with Crippen LogP contribution in [0, 0.1) is 5.92 Å². The van der Waals surface area contributed by atoms with E-state index in [4.69, 9.17) is 15.2 Å². The molecule has 7 heteroatoms. The van der Waals surface area contributed by atoms with Crippen LogP contribution in [0.3, 0.4) is 0 Å². The van der Waals surface area contributed by atoms with E-state index in [0.717, 1.165) is 43.7 Å². The number of ether oxygens (including phenoxy) is 2. The lowest BCUT2D eigenvalue weighted by Crippen LogP contribution is -2.49. The molecule has 0 aliphatic carbocycles. The van der Waals surface area contributed by atoms with Crippen molar-refractivity contribution in [2.45, 2.75) is 31.8 Å². The average Bonchev–Trinajstić information content (AvgIpc) is 2.68. The van der Waals surface area contributed by atoms with Gasteiger partial charge in [0.15, 0.2) is 0 Å². The van der Waals surface area contributed by atoms with E-state index in [-0.39, 0.29) is 30.4 Å². The molecule has 1 aromatic rings. The third kappa shape index (κ3) is 5.35. The Morgan fingerprint density at radius 3 is 2.37 bits per heavy atom. The third-order valence-electron chi connectivity index (χ3n) is 5.35. The van der Waals surface area contributed by atoms with Crippen molar-refractivity contribution in [1.29, 1.82) is 0 Å². The number of nitrogens with zero attached hydrogens (tertiary/aromatic N) is 2. The maximum Gasteiger partial charge on any atom is 0.231 e. The number of methoxy groups -OCH3 is 1. The van der Waals surface area contributed by atoms with Gasteiger partial charge in [0.25, 0.3) is 0 Å². The van der Waals surface area contributed by atoms with Crippen LogP contribution in [0.1, 0.15) is 25.7 Å². The molecule has 0 saturated carbocycles. The average molecular weight is 375 g/mol. The number of piperidine rings is 2. The van der Waals surface area contributed by atoms with Crippen LogP contribution >= 0.6 is 0 Å². The number of hydrogen-bond donors (Lipinski definition) is 1. The topological polar surface area (TPSA) is 85.1 Å². The van der Waals surface area contributed by atoms with Gasteiger partial charge in [-0.15, -0.1) is 0 Å². The van der Waals surface area contributed by atoms with Gasteiger partial charge in [0, 0.05) is 32.5 Å². The van der Waals surface area contributed by atoms with Crippen LogP contribution in [0.4, 0.5) is 0 Å². The van der Waals surface area contributed by atoms with Crippen molar-refractivity contribution in [3.63, 3.8) is 0 Å². The van der Waals surface area contributed by atoms with Gasteiger partial charge in [-0.1, -0.05) is 0 Å². The monoisotopic (exact) mass is 375 g/mol. The highest BCUT2D eigenvalue weighted by Gasteiger charge is 2.32. The summed E-state index contributed by atoms with van der Waals surface area (Å²) in [6.07, 6.45) is 3.60. The maximum absolute atomic E-state index is 12.8. The van der Waals surface area contributed by atoms with E-state index in [9.17, 15) is 9.59 Å². The quantitative estimate of drug-likeness (QED) is 0.809. The Labute approximate surface area is 160 Å². The van der Waals surface area contributed by atoms with Crippen molar-refractivity contribution in [2.24, 2.45) is 11.7 Å². The van der Waals surface area contributed by atoms with Crippen molar-refractivity contribution >= 4 is 11.8 Å². The number of benzene rings is 1. The minimum absolute atomic E-state index is 0.0304. The fourth-order valence-corrected chi connectivity index (χ4v) is 3.92. The molecule has 1 atom stereocenters. The second-order valence-corrected chi connectivity index (χ2v) is 7.36. The highest BCUT2D eigenvalue weighted by atomic mass is 16.5. The largest absolute Gasteiger partial charge is 0.497 e. The SMILES string of the molecule is COc1ccc(OC2CCN(C(=O)[C@@H]3CCCN(CC(N)=O)C3)CC2)cc1. The highest BCUT2D eigenvalue weighted by Crippen LogP contribution is 2.24. The van der Waals surface area contributed by atoms with Gasteiger partial charge in [-0.05, 0) is 43.7 Å². The van der Waals surface area contributed by atoms with E-state index in [0.29, 0.717) is 19.6 Å². The lowest BCUT2D eigenvalue weighted by Gasteiger charge is -2.37. The molecule has 7 nitrogen and oxygen atoms in total. The van der Waals surface area contributed by atoms with Crippen LogP contribution in [0.25, 0.3) is 0 Å². The van der Waals surface area contributed by atoms with Gasteiger partial charge in [0.05, 0.1) is 19.6 Å². The van der Waals surface area contributed by atoms with E-state index in [1.165, 1.54) is 0 Å². The molecule has 0 aromatic heterocycles. The van der Waals surface area contributed by atoms with Crippen LogP contribution < -0.4 is 15.2 Å². The minimum Gasteiger partial charge on any atom is -0.497 e.